The van der Waals surface area contributed by atoms with Crippen molar-refractivity contribution < 1.29 is 9.59 Å². The molecule has 0 atom stereocenters. The fourth-order valence-corrected chi connectivity index (χ4v) is 1.76. The van der Waals surface area contributed by atoms with Crippen LogP contribution in [0.5, 0.6) is 0 Å². The molecule has 1 rings (SSSR count). The maximum Gasteiger partial charge on any atom is 0.242 e. The lowest BCUT2D eigenvalue weighted by Gasteiger charge is -2.30. The minimum absolute atomic E-state index is 0.177. The molecule has 0 aromatic heterocycles. The predicted octanol–water partition coefficient (Wildman–Crippen LogP) is -1.21. The molecular formula is C11H22N4O2. The van der Waals surface area contributed by atoms with E-state index in [0.29, 0.717) is 6.54 Å². The standard InChI is InChI=1S/C11H22N4O2/c1-11(2,10(13)17)14-9(16)7-15-5-3-8(12)4-6-15/h8H,3-7,12H2,1-2H3,(H2,13,17)(H,14,16). The van der Waals surface area contributed by atoms with Gasteiger partial charge in [-0.05, 0) is 26.7 Å². The number of nitrogens with one attached hydrogen (secondary N) is 1. The average molecular weight is 242 g/mol. The van der Waals surface area contributed by atoms with Gasteiger partial charge in [0.1, 0.15) is 5.54 Å². The highest BCUT2D eigenvalue weighted by Gasteiger charge is 2.28. The summed E-state index contributed by atoms with van der Waals surface area (Å²) in [7, 11) is 0. The van der Waals surface area contributed by atoms with Crippen molar-refractivity contribution >= 4 is 11.8 Å². The molecule has 6 nitrogen and oxygen atoms in total. The SMILES string of the molecule is CC(C)(NC(=O)CN1CCC(N)CC1)C(N)=O. The van der Waals surface area contributed by atoms with Crippen molar-refractivity contribution in [1.82, 2.24) is 10.2 Å². The van der Waals surface area contributed by atoms with E-state index in [2.05, 4.69) is 5.32 Å². The third-order valence-corrected chi connectivity index (χ3v) is 3.07. The van der Waals surface area contributed by atoms with Crippen LogP contribution in [0.3, 0.4) is 0 Å². The van der Waals surface area contributed by atoms with Crippen LogP contribution in [-0.2, 0) is 9.59 Å². The summed E-state index contributed by atoms with van der Waals surface area (Å²) in [6, 6.07) is 0.247. The van der Waals surface area contributed by atoms with Crippen molar-refractivity contribution in [2.75, 3.05) is 19.6 Å². The monoisotopic (exact) mass is 242 g/mol. The van der Waals surface area contributed by atoms with Crippen molar-refractivity contribution in [3.05, 3.63) is 0 Å². The third-order valence-electron chi connectivity index (χ3n) is 3.07. The van der Waals surface area contributed by atoms with Gasteiger partial charge >= 0.3 is 0 Å². The summed E-state index contributed by atoms with van der Waals surface area (Å²) in [4.78, 5) is 24.8. The van der Waals surface area contributed by atoms with Gasteiger partial charge in [-0.15, -0.1) is 0 Å². The number of amides is 2. The Morgan fingerprint density at radius 3 is 2.35 bits per heavy atom. The second-order valence-electron chi connectivity index (χ2n) is 5.15. The highest BCUT2D eigenvalue weighted by atomic mass is 16.2. The second kappa shape index (κ2) is 5.46. The summed E-state index contributed by atoms with van der Waals surface area (Å²) in [5.41, 5.74) is 9.97. The molecule has 1 aliphatic rings. The Bertz CT molecular complexity index is 296. The van der Waals surface area contributed by atoms with Crippen LogP contribution < -0.4 is 16.8 Å². The summed E-state index contributed by atoms with van der Waals surface area (Å²) in [5.74, 6) is -0.712. The van der Waals surface area contributed by atoms with Crippen LogP contribution >= 0.6 is 0 Å². The van der Waals surface area contributed by atoms with Gasteiger partial charge in [-0.2, -0.15) is 0 Å². The summed E-state index contributed by atoms with van der Waals surface area (Å²) in [6.07, 6.45) is 1.82. The molecule has 1 saturated heterocycles. The van der Waals surface area contributed by atoms with Gasteiger partial charge in [-0.25, -0.2) is 0 Å². The molecule has 5 N–H and O–H groups in total. The Morgan fingerprint density at radius 2 is 1.88 bits per heavy atom. The first-order chi connectivity index (χ1) is 7.81. The largest absolute Gasteiger partial charge is 0.368 e. The van der Waals surface area contributed by atoms with Crippen LogP contribution in [0.2, 0.25) is 0 Å². The number of carbonyl (C=O) groups excluding carboxylic acids is 2. The molecule has 2 amide bonds. The van der Waals surface area contributed by atoms with Crippen LogP contribution in [0.25, 0.3) is 0 Å². The summed E-state index contributed by atoms with van der Waals surface area (Å²) in [6.45, 7) is 5.14. The third kappa shape index (κ3) is 4.32. The highest BCUT2D eigenvalue weighted by molar-refractivity contribution is 5.90. The van der Waals surface area contributed by atoms with Gasteiger partial charge in [0.05, 0.1) is 6.54 Å². The molecule has 1 aliphatic heterocycles. The molecule has 0 radical (unpaired) electrons. The van der Waals surface area contributed by atoms with E-state index in [-0.39, 0.29) is 11.9 Å². The number of piperidine rings is 1. The van der Waals surface area contributed by atoms with Crippen LogP contribution in [-0.4, -0.2) is 47.9 Å². The highest BCUT2D eigenvalue weighted by Crippen LogP contribution is 2.08. The van der Waals surface area contributed by atoms with E-state index in [4.69, 9.17) is 11.5 Å². The quantitative estimate of drug-likeness (QED) is 0.575. The summed E-state index contributed by atoms with van der Waals surface area (Å²) < 4.78 is 0. The number of likely N-dealkylation sites (tertiary alicyclic amines) is 1. The molecule has 6 heteroatoms. The molecule has 0 bridgehead atoms. The fourth-order valence-electron chi connectivity index (χ4n) is 1.76. The lowest BCUT2D eigenvalue weighted by molar-refractivity contribution is -0.131. The molecule has 0 aromatic carbocycles. The number of rotatable bonds is 4. The van der Waals surface area contributed by atoms with Crippen molar-refractivity contribution in [3.63, 3.8) is 0 Å². The van der Waals surface area contributed by atoms with Crippen molar-refractivity contribution in [2.45, 2.75) is 38.3 Å². The second-order valence-corrected chi connectivity index (χ2v) is 5.15. The van der Waals surface area contributed by atoms with E-state index in [9.17, 15) is 9.59 Å². The van der Waals surface area contributed by atoms with Gasteiger partial charge < -0.3 is 16.8 Å². The van der Waals surface area contributed by atoms with Crippen LogP contribution in [0.4, 0.5) is 0 Å². The van der Waals surface area contributed by atoms with Crippen molar-refractivity contribution in [1.29, 1.82) is 0 Å². The van der Waals surface area contributed by atoms with Gasteiger partial charge in [0.25, 0.3) is 0 Å². The Kier molecular flexibility index (Phi) is 4.47. The molecule has 17 heavy (non-hydrogen) atoms. The fraction of sp³-hybridized carbons (Fsp3) is 0.818. The first kappa shape index (κ1) is 13.9. The summed E-state index contributed by atoms with van der Waals surface area (Å²) >= 11 is 0. The van der Waals surface area contributed by atoms with E-state index in [1.165, 1.54) is 0 Å². The van der Waals surface area contributed by atoms with Crippen molar-refractivity contribution in [2.24, 2.45) is 11.5 Å². The maximum atomic E-state index is 11.7. The van der Waals surface area contributed by atoms with E-state index < -0.39 is 11.4 Å². The molecule has 0 saturated carbocycles. The zero-order valence-electron chi connectivity index (χ0n) is 10.5. The molecular weight excluding hydrogens is 220 g/mol. The smallest absolute Gasteiger partial charge is 0.242 e. The Hall–Kier alpha value is -1.14. The first-order valence-corrected chi connectivity index (χ1v) is 5.90. The average Bonchev–Trinajstić information content (AvgIpc) is 2.20. The van der Waals surface area contributed by atoms with Gasteiger partial charge in [-0.3, -0.25) is 14.5 Å². The number of hydrogen-bond acceptors (Lipinski definition) is 4. The first-order valence-electron chi connectivity index (χ1n) is 5.90. The van der Waals surface area contributed by atoms with E-state index in [1.54, 1.807) is 13.8 Å². The predicted molar refractivity (Wildman–Crippen MR) is 65.1 cm³/mol. The zero-order valence-corrected chi connectivity index (χ0v) is 10.5. The minimum Gasteiger partial charge on any atom is -0.368 e. The minimum atomic E-state index is -0.997. The molecule has 0 spiro atoms. The van der Waals surface area contributed by atoms with Crippen LogP contribution in [0.1, 0.15) is 26.7 Å². The van der Waals surface area contributed by atoms with Gasteiger partial charge in [0.2, 0.25) is 11.8 Å². The molecule has 0 aromatic rings. The van der Waals surface area contributed by atoms with Crippen molar-refractivity contribution in [3.8, 4) is 0 Å². The lowest BCUT2D eigenvalue weighted by Crippen LogP contribution is -2.55. The number of nitrogens with zero attached hydrogens (tertiary/aromatic N) is 1. The normalized spacial score (nSPS) is 19.0. The summed E-state index contributed by atoms with van der Waals surface area (Å²) in [5, 5.41) is 2.63. The van der Waals surface area contributed by atoms with Crippen LogP contribution in [0, 0.1) is 0 Å². The van der Waals surface area contributed by atoms with Gasteiger partial charge in [-0.1, -0.05) is 0 Å². The molecule has 1 heterocycles. The van der Waals surface area contributed by atoms with Gasteiger partial charge in [0.15, 0.2) is 0 Å². The topological polar surface area (TPSA) is 101 Å². The van der Waals surface area contributed by atoms with E-state index in [0.717, 1.165) is 25.9 Å². The number of hydrogen-bond donors (Lipinski definition) is 3. The Labute approximate surface area is 102 Å². The number of nitrogens with two attached hydrogens (primary N) is 2. The lowest BCUT2D eigenvalue weighted by atomic mass is 10.0. The zero-order chi connectivity index (χ0) is 13.1. The Morgan fingerprint density at radius 1 is 1.35 bits per heavy atom. The molecule has 1 fully saturated rings. The maximum absolute atomic E-state index is 11.7. The number of primary amides is 1. The Balaban J connectivity index is 2.37. The van der Waals surface area contributed by atoms with E-state index >= 15 is 0 Å². The number of carbonyl (C=O) groups is 2. The van der Waals surface area contributed by atoms with Gasteiger partial charge in [0, 0.05) is 19.1 Å². The van der Waals surface area contributed by atoms with E-state index in [1.807, 2.05) is 4.90 Å². The van der Waals surface area contributed by atoms with Crippen LogP contribution in [0.15, 0.2) is 0 Å². The molecule has 0 aliphatic carbocycles. The molecule has 98 valence electrons. The molecule has 0 unspecified atom stereocenters.